The van der Waals surface area contributed by atoms with Crippen molar-refractivity contribution in [2.45, 2.75) is 44.2 Å². The van der Waals surface area contributed by atoms with Crippen LogP contribution in [0.15, 0.2) is 30.5 Å². The molecular weight excluding hydrogens is 312 g/mol. The molecule has 4 rings (SSSR count). The van der Waals surface area contributed by atoms with E-state index in [1.54, 1.807) is 4.68 Å². The molecule has 1 N–H and O–H groups in total. The van der Waals surface area contributed by atoms with Gasteiger partial charge in [-0.15, -0.1) is 5.10 Å². The first kappa shape index (κ1) is 14.7. The monoisotopic (exact) mass is 330 g/mol. The number of halogens is 1. The van der Waals surface area contributed by atoms with Gasteiger partial charge in [-0.05, 0) is 49.3 Å². The topological polar surface area (TPSA) is 59.8 Å². The van der Waals surface area contributed by atoms with Crippen molar-refractivity contribution in [3.63, 3.8) is 0 Å². The van der Waals surface area contributed by atoms with E-state index in [1.807, 2.05) is 30.5 Å². The summed E-state index contributed by atoms with van der Waals surface area (Å²) in [5, 5.41) is 12.1. The highest BCUT2D eigenvalue weighted by Crippen LogP contribution is 2.41. The van der Waals surface area contributed by atoms with Crippen molar-refractivity contribution in [2.75, 3.05) is 0 Å². The lowest BCUT2D eigenvalue weighted by atomic mass is 10.0. The SMILES string of the molecule is O=C(Cn1cc(C2CC2)nn1)N[C@@H](c1ccc(Cl)cc1)C1CC1. The predicted molar refractivity (Wildman–Crippen MR) is 87.1 cm³/mol. The molecule has 2 saturated carbocycles. The van der Waals surface area contributed by atoms with Crippen LogP contribution in [0.5, 0.6) is 0 Å². The van der Waals surface area contributed by atoms with Crippen LogP contribution in [0.3, 0.4) is 0 Å². The Bertz CT molecular complexity index is 704. The maximum absolute atomic E-state index is 12.4. The molecule has 0 spiro atoms. The molecular formula is C17H19ClN4O. The van der Waals surface area contributed by atoms with Gasteiger partial charge in [0.2, 0.25) is 5.91 Å². The highest BCUT2D eigenvalue weighted by molar-refractivity contribution is 6.30. The average Bonchev–Trinajstić information content (AvgIpc) is 3.45. The minimum atomic E-state index is -0.0240. The summed E-state index contributed by atoms with van der Waals surface area (Å²) < 4.78 is 1.63. The van der Waals surface area contributed by atoms with E-state index in [0.717, 1.165) is 24.1 Å². The molecule has 1 heterocycles. The van der Waals surface area contributed by atoms with Gasteiger partial charge in [0.15, 0.2) is 0 Å². The maximum atomic E-state index is 12.4. The zero-order chi connectivity index (χ0) is 15.8. The molecule has 2 fully saturated rings. The second-order valence-corrected chi connectivity index (χ2v) is 6.99. The summed E-state index contributed by atoms with van der Waals surface area (Å²) in [7, 11) is 0. The minimum absolute atomic E-state index is 0.0240. The Hall–Kier alpha value is -1.88. The summed E-state index contributed by atoms with van der Waals surface area (Å²) in [4.78, 5) is 12.4. The number of hydrogen-bond acceptors (Lipinski definition) is 3. The number of benzene rings is 1. The lowest BCUT2D eigenvalue weighted by molar-refractivity contribution is -0.122. The number of hydrogen-bond donors (Lipinski definition) is 1. The lowest BCUT2D eigenvalue weighted by Gasteiger charge is -2.19. The fourth-order valence-electron chi connectivity index (χ4n) is 2.90. The molecule has 23 heavy (non-hydrogen) atoms. The van der Waals surface area contributed by atoms with E-state index >= 15 is 0 Å². The fourth-order valence-corrected chi connectivity index (χ4v) is 3.02. The van der Waals surface area contributed by atoms with Crippen molar-refractivity contribution in [2.24, 2.45) is 5.92 Å². The molecule has 2 aromatic rings. The Morgan fingerprint density at radius 3 is 2.65 bits per heavy atom. The molecule has 0 bridgehead atoms. The molecule has 6 heteroatoms. The van der Waals surface area contributed by atoms with Gasteiger partial charge >= 0.3 is 0 Å². The summed E-state index contributed by atoms with van der Waals surface area (Å²) in [6.07, 6.45) is 6.58. The highest BCUT2D eigenvalue weighted by Gasteiger charge is 2.33. The van der Waals surface area contributed by atoms with Crippen molar-refractivity contribution in [3.05, 3.63) is 46.7 Å². The second-order valence-electron chi connectivity index (χ2n) is 6.55. The smallest absolute Gasteiger partial charge is 0.242 e. The third-order valence-corrected chi connectivity index (χ3v) is 4.75. The summed E-state index contributed by atoms with van der Waals surface area (Å²) >= 11 is 5.95. The van der Waals surface area contributed by atoms with Crippen LogP contribution in [0.4, 0.5) is 0 Å². The number of rotatable bonds is 6. The number of amides is 1. The molecule has 0 saturated heterocycles. The van der Waals surface area contributed by atoms with Crippen molar-refractivity contribution in [3.8, 4) is 0 Å². The Labute approximate surface area is 140 Å². The van der Waals surface area contributed by atoms with E-state index < -0.39 is 0 Å². The summed E-state index contributed by atoms with van der Waals surface area (Å²) in [5.41, 5.74) is 2.12. The van der Waals surface area contributed by atoms with Gasteiger partial charge in [0.05, 0.1) is 11.7 Å². The lowest BCUT2D eigenvalue weighted by Crippen LogP contribution is -2.32. The summed E-state index contributed by atoms with van der Waals surface area (Å²) in [5.74, 6) is 1.06. The van der Waals surface area contributed by atoms with Gasteiger partial charge < -0.3 is 5.32 Å². The van der Waals surface area contributed by atoms with E-state index in [2.05, 4.69) is 15.6 Å². The number of carbonyl (C=O) groups excluding carboxylic acids is 1. The standard InChI is InChI=1S/C17H19ClN4O/c18-14-7-5-13(6-8-14)17(12-3-4-12)19-16(23)10-22-9-15(20-21-22)11-1-2-11/h5-9,11-12,17H,1-4,10H2,(H,19,23)/t17-/m1/s1. The quantitative estimate of drug-likeness (QED) is 0.885. The number of nitrogens with zero attached hydrogens (tertiary/aromatic N) is 3. The van der Waals surface area contributed by atoms with E-state index in [0.29, 0.717) is 16.9 Å². The Balaban J connectivity index is 1.41. The third kappa shape index (κ3) is 3.55. The molecule has 1 aromatic carbocycles. The van der Waals surface area contributed by atoms with Gasteiger partial charge in [-0.25, -0.2) is 4.68 Å². The molecule has 0 unspecified atom stereocenters. The van der Waals surface area contributed by atoms with Crippen LogP contribution in [-0.4, -0.2) is 20.9 Å². The number of nitrogens with one attached hydrogen (secondary N) is 1. The van der Waals surface area contributed by atoms with Crippen LogP contribution in [0, 0.1) is 5.92 Å². The van der Waals surface area contributed by atoms with Crippen molar-refractivity contribution >= 4 is 17.5 Å². The first-order valence-electron chi connectivity index (χ1n) is 8.14. The molecule has 0 aliphatic heterocycles. The number of carbonyl (C=O) groups is 1. The van der Waals surface area contributed by atoms with Crippen molar-refractivity contribution in [1.82, 2.24) is 20.3 Å². The highest BCUT2D eigenvalue weighted by atomic mass is 35.5. The maximum Gasteiger partial charge on any atom is 0.242 e. The van der Waals surface area contributed by atoms with Gasteiger partial charge in [-0.3, -0.25) is 4.79 Å². The molecule has 1 aromatic heterocycles. The van der Waals surface area contributed by atoms with Crippen LogP contribution in [0.1, 0.15) is 48.9 Å². The van der Waals surface area contributed by atoms with E-state index in [1.165, 1.54) is 12.8 Å². The number of aromatic nitrogens is 3. The molecule has 1 amide bonds. The van der Waals surface area contributed by atoms with E-state index in [9.17, 15) is 4.79 Å². The molecule has 5 nitrogen and oxygen atoms in total. The molecule has 2 aliphatic carbocycles. The molecule has 1 atom stereocenters. The predicted octanol–water partition coefficient (Wildman–Crippen LogP) is 3.08. The van der Waals surface area contributed by atoms with Gasteiger partial charge in [0.25, 0.3) is 0 Å². The van der Waals surface area contributed by atoms with E-state index in [4.69, 9.17) is 11.6 Å². The van der Waals surface area contributed by atoms with Gasteiger partial charge in [0.1, 0.15) is 6.54 Å². The minimum Gasteiger partial charge on any atom is -0.347 e. The largest absolute Gasteiger partial charge is 0.347 e. The summed E-state index contributed by atoms with van der Waals surface area (Å²) in [6.45, 7) is 0.219. The second kappa shape index (κ2) is 5.96. The third-order valence-electron chi connectivity index (χ3n) is 4.50. The van der Waals surface area contributed by atoms with Crippen molar-refractivity contribution < 1.29 is 4.79 Å². The normalized spacial score (nSPS) is 18.7. The Kier molecular flexibility index (Phi) is 3.81. The van der Waals surface area contributed by atoms with Crippen LogP contribution in [-0.2, 0) is 11.3 Å². The molecule has 0 radical (unpaired) electrons. The van der Waals surface area contributed by atoms with Gasteiger partial charge in [0, 0.05) is 17.1 Å². The average molecular weight is 331 g/mol. The van der Waals surface area contributed by atoms with Crippen LogP contribution < -0.4 is 5.32 Å². The zero-order valence-electron chi connectivity index (χ0n) is 12.8. The van der Waals surface area contributed by atoms with Crippen LogP contribution in [0.2, 0.25) is 5.02 Å². The summed E-state index contributed by atoms with van der Waals surface area (Å²) in [6, 6.07) is 7.79. The first-order chi connectivity index (χ1) is 11.2. The zero-order valence-corrected chi connectivity index (χ0v) is 13.5. The Morgan fingerprint density at radius 1 is 1.26 bits per heavy atom. The van der Waals surface area contributed by atoms with Crippen LogP contribution >= 0.6 is 11.6 Å². The van der Waals surface area contributed by atoms with Gasteiger partial charge in [-0.1, -0.05) is 28.9 Å². The Morgan fingerprint density at radius 2 is 2.00 bits per heavy atom. The molecule has 2 aliphatic rings. The van der Waals surface area contributed by atoms with Crippen molar-refractivity contribution in [1.29, 1.82) is 0 Å². The van der Waals surface area contributed by atoms with E-state index in [-0.39, 0.29) is 18.5 Å². The molecule has 120 valence electrons. The van der Waals surface area contributed by atoms with Crippen LogP contribution in [0.25, 0.3) is 0 Å². The van der Waals surface area contributed by atoms with Gasteiger partial charge in [-0.2, -0.15) is 0 Å². The first-order valence-corrected chi connectivity index (χ1v) is 8.52. The fraction of sp³-hybridized carbons (Fsp3) is 0.471.